The topological polar surface area (TPSA) is 66.3 Å². The molecule has 2 aromatic heterocycles. The molecule has 2 heterocycles. The molecular formula is C16H19N3O2S. The maximum atomic E-state index is 11.1. The van der Waals surface area contributed by atoms with Gasteiger partial charge in [0.05, 0.1) is 5.39 Å². The average Bonchev–Trinajstić information content (AvgIpc) is 3.26. The zero-order chi connectivity index (χ0) is 15.3. The first kappa shape index (κ1) is 13.9. The van der Waals surface area contributed by atoms with Crippen LogP contribution in [0.4, 0.5) is 5.82 Å². The monoisotopic (exact) mass is 317 g/mol. The van der Waals surface area contributed by atoms with E-state index in [4.69, 9.17) is 15.1 Å². The van der Waals surface area contributed by atoms with Crippen LogP contribution in [0.5, 0.6) is 0 Å². The molecule has 5 nitrogen and oxygen atoms in total. The molecule has 1 fully saturated rings. The number of carboxylic acid groups (broad SMARTS) is 1. The molecule has 2 aliphatic rings. The Morgan fingerprint density at radius 1 is 1.32 bits per heavy atom. The van der Waals surface area contributed by atoms with Gasteiger partial charge in [-0.25, -0.2) is 9.97 Å². The van der Waals surface area contributed by atoms with E-state index in [1.54, 1.807) is 16.2 Å². The maximum absolute atomic E-state index is 11.1. The van der Waals surface area contributed by atoms with Crippen molar-refractivity contribution < 1.29 is 9.90 Å². The second-order valence-corrected chi connectivity index (χ2v) is 7.40. The number of aliphatic carboxylic acids is 1. The number of carbonyl (C=O) groups is 1. The number of hydrogen-bond acceptors (Lipinski definition) is 5. The lowest BCUT2D eigenvalue weighted by molar-refractivity contribution is -0.135. The number of likely N-dealkylation sites (N-methyl/N-ethyl adjacent to an activating group) is 1. The summed E-state index contributed by atoms with van der Waals surface area (Å²) in [5, 5.41) is 10.2. The minimum absolute atomic E-state index is 0.0269. The summed E-state index contributed by atoms with van der Waals surface area (Å²) in [5.41, 5.74) is 1.36. The summed E-state index contributed by atoms with van der Waals surface area (Å²) in [6, 6.07) is 0. The van der Waals surface area contributed by atoms with Gasteiger partial charge < -0.3 is 10.0 Å². The van der Waals surface area contributed by atoms with Gasteiger partial charge in [0.15, 0.2) is 0 Å². The SMILES string of the molecule is CN(CC(=O)O)c1nc(C2CC2)nc2sc3c(c12)CCCC3. The average molecular weight is 317 g/mol. The fourth-order valence-electron chi connectivity index (χ4n) is 3.23. The van der Waals surface area contributed by atoms with Gasteiger partial charge in [0.1, 0.15) is 23.0 Å². The molecule has 2 aliphatic carbocycles. The summed E-state index contributed by atoms with van der Waals surface area (Å²) in [5.74, 6) is 1.36. The third kappa shape index (κ3) is 2.35. The van der Waals surface area contributed by atoms with Crippen LogP contribution >= 0.6 is 11.3 Å². The van der Waals surface area contributed by atoms with Crippen LogP contribution in [0.3, 0.4) is 0 Å². The molecule has 0 bridgehead atoms. The number of fused-ring (bicyclic) bond motifs is 3. The summed E-state index contributed by atoms with van der Waals surface area (Å²) in [7, 11) is 1.82. The van der Waals surface area contributed by atoms with Gasteiger partial charge in [-0.1, -0.05) is 0 Å². The highest BCUT2D eigenvalue weighted by atomic mass is 32.1. The summed E-state index contributed by atoms with van der Waals surface area (Å²) in [4.78, 5) is 24.9. The van der Waals surface area contributed by atoms with E-state index in [1.165, 1.54) is 23.3 Å². The molecule has 0 aromatic carbocycles. The largest absolute Gasteiger partial charge is 0.480 e. The van der Waals surface area contributed by atoms with E-state index in [-0.39, 0.29) is 6.54 Å². The molecule has 22 heavy (non-hydrogen) atoms. The number of anilines is 1. The summed E-state index contributed by atoms with van der Waals surface area (Å²) >= 11 is 1.78. The summed E-state index contributed by atoms with van der Waals surface area (Å²) < 4.78 is 0. The van der Waals surface area contributed by atoms with Crippen LogP contribution in [-0.4, -0.2) is 34.6 Å². The minimum atomic E-state index is -0.827. The number of aromatic nitrogens is 2. The van der Waals surface area contributed by atoms with Gasteiger partial charge in [0, 0.05) is 17.8 Å². The van der Waals surface area contributed by atoms with E-state index in [9.17, 15) is 4.79 Å². The van der Waals surface area contributed by atoms with Crippen molar-refractivity contribution in [3.63, 3.8) is 0 Å². The lowest BCUT2D eigenvalue weighted by Crippen LogP contribution is -2.26. The van der Waals surface area contributed by atoms with E-state index >= 15 is 0 Å². The van der Waals surface area contributed by atoms with Gasteiger partial charge in [-0.15, -0.1) is 11.3 Å². The van der Waals surface area contributed by atoms with Crippen LogP contribution in [-0.2, 0) is 17.6 Å². The number of hydrogen-bond donors (Lipinski definition) is 1. The maximum Gasteiger partial charge on any atom is 0.323 e. The van der Waals surface area contributed by atoms with Crippen molar-refractivity contribution in [3.05, 3.63) is 16.3 Å². The Kier molecular flexibility index (Phi) is 3.29. The molecule has 0 spiro atoms. The molecule has 0 atom stereocenters. The third-order valence-electron chi connectivity index (χ3n) is 4.49. The highest BCUT2D eigenvalue weighted by Crippen LogP contribution is 2.43. The molecular weight excluding hydrogens is 298 g/mol. The lowest BCUT2D eigenvalue weighted by atomic mass is 9.97. The van der Waals surface area contributed by atoms with Crippen molar-refractivity contribution in [2.75, 3.05) is 18.5 Å². The molecule has 0 unspecified atom stereocenters. The Bertz CT molecular complexity index is 751. The van der Waals surface area contributed by atoms with Gasteiger partial charge in [0.25, 0.3) is 0 Å². The predicted molar refractivity (Wildman–Crippen MR) is 86.9 cm³/mol. The molecule has 116 valence electrons. The number of carboxylic acids is 1. The Morgan fingerprint density at radius 3 is 2.82 bits per heavy atom. The van der Waals surface area contributed by atoms with E-state index in [0.29, 0.717) is 5.92 Å². The van der Waals surface area contributed by atoms with Crippen LogP contribution in [0.25, 0.3) is 10.2 Å². The van der Waals surface area contributed by atoms with Gasteiger partial charge in [-0.05, 0) is 44.1 Å². The smallest absolute Gasteiger partial charge is 0.323 e. The Morgan fingerprint density at radius 2 is 2.09 bits per heavy atom. The number of aryl methyl sites for hydroxylation is 2. The molecule has 2 aromatic rings. The number of thiophene rings is 1. The molecule has 0 saturated heterocycles. The summed E-state index contributed by atoms with van der Waals surface area (Å²) in [6.45, 7) is -0.0269. The van der Waals surface area contributed by atoms with E-state index in [1.807, 2.05) is 7.05 Å². The normalized spacial score (nSPS) is 17.5. The van der Waals surface area contributed by atoms with Crippen molar-refractivity contribution in [1.82, 2.24) is 9.97 Å². The lowest BCUT2D eigenvalue weighted by Gasteiger charge is -2.19. The molecule has 1 N–H and O–H groups in total. The molecule has 0 amide bonds. The molecule has 1 saturated carbocycles. The first-order valence-corrected chi connectivity index (χ1v) is 8.70. The van der Waals surface area contributed by atoms with Gasteiger partial charge in [0.2, 0.25) is 0 Å². The minimum Gasteiger partial charge on any atom is -0.480 e. The highest BCUT2D eigenvalue weighted by molar-refractivity contribution is 7.19. The van der Waals surface area contributed by atoms with Crippen LogP contribution in [0.15, 0.2) is 0 Å². The molecule has 0 radical (unpaired) electrons. The van der Waals surface area contributed by atoms with Crippen molar-refractivity contribution >= 4 is 33.3 Å². The molecule has 0 aliphatic heterocycles. The second-order valence-electron chi connectivity index (χ2n) is 6.32. The zero-order valence-electron chi connectivity index (χ0n) is 12.6. The Hall–Kier alpha value is -1.69. The standard InChI is InChI=1S/C16H19N3O2S/c1-19(8-12(20)21)15-13-10-4-2-3-5-11(10)22-16(13)18-14(17-15)9-6-7-9/h9H,2-8H2,1H3,(H,20,21). The van der Waals surface area contributed by atoms with Crippen LogP contribution in [0.1, 0.15) is 47.9 Å². The van der Waals surface area contributed by atoms with Gasteiger partial charge in [-0.3, -0.25) is 4.79 Å². The van der Waals surface area contributed by atoms with Crippen molar-refractivity contribution in [2.45, 2.75) is 44.4 Å². The van der Waals surface area contributed by atoms with Crippen molar-refractivity contribution in [2.24, 2.45) is 0 Å². The fraction of sp³-hybridized carbons (Fsp3) is 0.562. The zero-order valence-corrected chi connectivity index (χ0v) is 13.4. The van der Waals surface area contributed by atoms with Crippen molar-refractivity contribution in [3.8, 4) is 0 Å². The molecule has 4 rings (SSSR count). The highest BCUT2D eigenvalue weighted by Gasteiger charge is 2.30. The molecule has 6 heteroatoms. The van der Waals surface area contributed by atoms with Crippen LogP contribution < -0.4 is 4.90 Å². The summed E-state index contributed by atoms with van der Waals surface area (Å²) in [6.07, 6.45) is 6.93. The number of rotatable bonds is 4. The van der Waals surface area contributed by atoms with E-state index in [2.05, 4.69) is 0 Å². The third-order valence-corrected chi connectivity index (χ3v) is 5.68. The number of nitrogens with zero attached hydrogens (tertiary/aromatic N) is 3. The van der Waals surface area contributed by atoms with E-state index < -0.39 is 5.97 Å². The van der Waals surface area contributed by atoms with Gasteiger partial charge in [-0.2, -0.15) is 0 Å². The van der Waals surface area contributed by atoms with Crippen LogP contribution in [0, 0.1) is 0 Å². The first-order chi connectivity index (χ1) is 10.6. The second kappa shape index (κ2) is 5.19. The Balaban J connectivity index is 1.90. The first-order valence-electron chi connectivity index (χ1n) is 7.88. The van der Waals surface area contributed by atoms with Gasteiger partial charge >= 0.3 is 5.97 Å². The predicted octanol–water partition coefficient (Wildman–Crippen LogP) is 2.97. The fourth-order valence-corrected chi connectivity index (χ4v) is 4.50. The quantitative estimate of drug-likeness (QED) is 0.939. The van der Waals surface area contributed by atoms with Crippen LogP contribution in [0.2, 0.25) is 0 Å². The van der Waals surface area contributed by atoms with Crippen molar-refractivity contribution in [1.29, 1.82) is 0 Å². The Labute approximate surface area is 133 Å². The van der Waals surface area contributed by atoms with E-state index in [0.717, 1.165) is 47.5 Å².